The lowest BCUT2D eigenvalue weighted by atomic mass is 9.93. The van der Waals surface area contributed by atoms with E-state index in [1.54, 1.807) is 25.1 Å². The zero-order valence-electron chi connectivity index (χ0n) is 10.1. The van der Waals surface area contributed by atoms with E-state index >= 15 is 0 Å². The van der Waals surface area contributed by atoms with Crippen molar-refractivity contribution >= 4 is 5.78 Å². The van der Waals surface area contributed by atoms with Crippen LogP contribution >= 0.6 is 0 Å². The number of ketones is 1. The van der Waals surface area contributed by atoms with Gasteiger partial charge in [-0.25, -0.2) is 0 Å². The molecule has 1 atom stereocenters. The number of aryl methyl sites for hydroxylation is 1. The van der Waals surface area contributed by atoms with Crippen LogP contribution in [-0.4, -0.2) is 21.6 Å². The highest BCUT2D eigenvalue weighted by Crippen LogP contribution is 2.21. The third-order valence-corrected chi connectivity index (χ3v) is 2.55. The molecule has 1 aromatic rings. The van der Waals surface area contributed by atoms with Crippen LogP contribution in [0.5, 0.6) is 0 Å². The topological polar surface area (TPSA) is 57.5 Å². The van der Waals surface area contributed by atoms with Gasteiger partial charge in [0.05, 0.1) is 6.10 Å². The molecule has 0 saturated heterocycles. The van der Waals surface area contributed by atoms with E-state index in [0.717, 1.165) is 11.1 Å². The highest BCUT2D eigenvalue weighted by molar-refractivity contribution is 6.01. The summed E-state index contributed by atoms with van der Waals surface area (Å²) in [6.45, 7) is 6.44. The monoisotopic (exact) mass is 222 g/mol. The molecule has 0 heterocycles. The molecule has 88 valence electrons. The van der Waals surface area contributed by atoms with Gasteiger partial charge in [0.25, 0.3) is 0 Å². The summed E-state index contributed by atoms with van der Waals surface area (Å²) in [6.07, 6.45) is -0.616. The number of aliphatic hydroxyl groups excluding tert-OH is 1. The van der Waals surface area contributed by atoms with E-state index in [1.807, 2.05) is 6.92 Å². The largest absolute Gasteiger partial charge is 0.389 e. The molecule has 0 bridgehead atoms. The van der Waals surface area contributed by atoms with Gasteiger partial charge in [-0.05, 0) is 44.9 Å². The van der Waals surface area contributed by atoms with Gasteiger partial charge in [-0.3, -0.25) is 4.79 Å². The molecule has 1 aromatic carbocycles. The number of carbonyl (C=O) groups is 1. The number of benzene rings is 1. The summed E-state index contributed by atoms with van der Waals surface area (Å²) in [4.78, 5) is 11.8. The van der Waals surface area contributed by atoms with Crippen LogP contribution in [0.15, 0.2) is 18.2 Å². The SMILES string of the molecule is Cc1ccc(C(=O)C(C)(C)O)cc1C(C)O. The minimum absolute atomic E-state index is 0.339. The van der Waals surface area contributed by atoms with Crippen molar-refractivity contribution in [2.45, 2.75) is 39.4 Å². The number of aliphatic hydroxyl groups is 2. The molecule has 16 heavy (non-hydrogen) atoms. The van der Waals surface area contributed by atoms with Crippen molar-refractivity contribution in [2.24, 2.45) is 0 Å². The number of hydrogen-bond donors (Lipinski definition) is 2. The van der Waals surface area contributed by atoms with Gasteiger partial charge in [-0.15, -0.1) is 0 Å². The first-order valence-corrected chi connectivity index (χ1v) is 5.29. The van der Waals surface area contributed by atoms with Crippen LogP contribution in [0.25, 0.3) is 0 Å². The van der Waals surface area contributed by atoms with Crippen LogP contribution in [0.1, 0.15) is 48.4 Å². The van der Waals surface area contributed by atoms with E-state index in [0.29, 0.717) is 5.56 Å². The van der Waals surface area contributed by atoms with Crippen LogP contribution < -0.4 is 0 Å². The summed E-state index contributed by atoms with van der Waals surface area (Å²) in [6, 6.07) is 5.09. The molecule has 0 aliphatic rings. The Bertz CT molecular complexity index is 400. The fraction of sp³-hybridized carbons (Fsp3) is 0.462. The molecule has 0 saturated carbocycles. The molecule has 2 N–H and O–H groups in total. The van der Waals surface area contributed by atoms with Crippen molar-refractivity contribution in [3.05, 3.63) is 34.9 Å². The second kappa shape index (κ2) is 4.36. The first-order valence-electron chi connectivity index (χ1n) is 5.29. The molecule has 0 aliphatic heterocycles. The molecule has 0 radical (unpaired) electrons. The molecule has 0 amide bonds. The average molecular weight is 222 g/mol. The lowest BCUT2D eigenvalue weighted by Gasteiger charge is -2.17. The van der Waals surface area contributed by atoms with E-state index in [-0.39, 0.29) is 5.78 Å². The molecule has 0 aromatic heterocycles. The predicted octanol–water partition coefficient (Wildman–Crippen LogP) is 2.00. The van der Waals surface area contributed by atoms with E-state index in [2.05, 4.69) is 0 Å². The van der Waals surface area contributed by atoms with Crippen molar-refractivity contribution < 1.29 is 15.0 Å². The normalized spacial score (nSPS) is 13.6. The van der Waals surface area contributed by atoms with Crippen molar-refractivity contribution in [3.63, 3.8) is 0 Å². The summed E-state index contributed by atoms with van der Waals surface area (Å²) in [5.74, 6) is -0.339. The predicted molar refractivity (Wildman–Crippen MR) is 62.4 cm³/mol. The van der Waals surface area contributed by atoms with Crippen LogP contribution in [0.4, 0.5) is 0 Å². The number of rotatable bonds is 3. The maximum atomic E-state index is 11.8. The summed E-state index contributed by atoms with van der Waals surface area (Å²) in [5, 5.41) is 19.2. The first kappa shape index (κ1) is 12.9. The van der Waals surface area contributed by atoms with E-state index < -0.39 is 11.7 Å². The summed E-state index contributed by atoms with van der Waals surface area (Å²) in [5.41, 5.74) is 0.692. The lowest BCUT2D eigenvalue weighted by molar-refractivity contribution is 0.0487. The quantitative estimate of drug-likeness (QED) is 0.769. The van der Waals surface area contributed by atoms with Gasteiger partial charge >= 0.3 is 0 Å². The summed E-state index contributed by atoms with van der Waals surface area (Å²) in [7, 11) is 0. The fourth-order valence-electron chi connectivity index (χ4n) is 1.59. The zero-order valence-corrected chi connectivity index (χ0v) is 10.1. The molecule has 3 nitrogen and oxygen atoms in total. The molecule has 1 rings (SSSR count). The maximum Gasteiger partial charge on any atom is 0.193 e. The standard InChI is InChI=1S/C13H18O3/c1-8-5-6-10(7-11(8)9(2)14)12(15)13(3,4)16/h5-7,9,14,16H,1-4H3. The second-order valence-electron chi connectivity index (χ2n) is 4.64. The van der Waals surface area contributed by atoms with Gasteiger partial charge in [0.2, 0.25) is 0 Å². The van der Waals surface area contributed by atoms with Gasteiger partial charge in [-0.2, -0.15) is 0 Å². The fourth-order valence-corrected chi connectivity index (χ4v) is 1.59. The smallest absolute Gasteiger partial charge is 0.193 e. The van der Waals surface area contributed by atoms with E-state index in [4.69, 9.17) is 0 Å². The van der Waals surface area contributed by atoms with Crippen molar-refractivity contribution in [1.29, 1.82) is 0 Å². The number of Topliss-reactive ketones (excluding diaryl/α,β-unsaturated/α-hetero) is 1. The summed E-state index contributed by atoms with van der Waals surface area (Å²) < 4.78 is 0. The molecular weight excluding hydrogens is 204 g/mol. The van der Waals surface area contributed by atoms with E-state index in [1.165, 1.54) is 13.8 Å². The Balaban J connectivity index is 3.18. The van der Waals surface area contributed by atoms with Crippen molar-refractivity contribution in [1.82, 2.24) is 0 Å². The zero-order chi connectivity index (χ0) is 12.5. The molecule has 0 fully saturated rings. The van der Waals surface area contributed by atoms with E-state index in [9.17, 15) is 15.0 Å². The maximum absolute atomic E-state index is 11.8. The Morgan fingerprint density at radius 1 is 1.38 bits per heavy atom. The molecule has 0 aliphatic carbocycles. The van der Waals surface area contributed by atoms with Crippen LogP contribution in [0.2, 0.25) is 0 Å². The molecule has 3 heteroatoms. The van der Waals surface area contributed by atoms with Gasteiger partial charge in [0.1, 0.15) is 5.60 Å². The minimum Gasteiger partial charge on any atom is -0.389 e. The highest BCUT2D eigenvalue weighted by atomic mass is 16.3. The highest BCUT2D eigenvalue weighted by Gasteiger charge is 2.25. The minimum atomic E-state index is -1.38. The van der Waals surface area contributed by atoms with Crippen LogP contribution in [-0.2, 0) is 0 Å². The van der Waals surface area contributed by atoms with Crippen molar-refractivity contribution in [2.75, 3.05) is 0 Å². The van der Waals surface area contributed by atoms with Gasteiger partial charge in [0.15, 0.2) is 5.78 Å². The van der Waals surface area contributed by atoms with Crippen molar-refractivity contribution in [3.8, 4) is 0 Å². The Morgan fingerprint density at radius 2 is 1.94 bits per heavy atom. The van der Waals surface area contributed by atoms with Gasteiger partial charge in [0, 0.05) is 5.56 Å². The Hall–Kier alpha value is -1.19. The average Bonchev–Trinajstić information content (AvgIpc) is 2.15. The van der Waals surface area contributed by atoms with Gasteiger partial charge < -0.3 is 10.2 Å². The molecular formula is C13H18O3. The Kier molecular flexibility index (Phi) is 3.51. The van der Waals surface area contributed by atoms with Gasteiger partial charge in [-0.1, -0.05) is 12.1 Å². The Morgan fingerprint density at radius 3 is 2.38 bits per heavy atom. The third-order valence-electron chi connectivity index (χ3n) is 2.55. The lowest BCUT2D eigenvalue weighted by Crippen LogP contribution is -2.31. The third kappa shape index (κ3) is 2.68. The molecule has 1 unspecified atom stereocenters. The molecule has 0 spiro atoms. The summed E-state index contributed by atoms with van der Waals surface area (Å²) >= 11 is 0. The van der Waals surface area contributed by atoms with Crippen LogP contribution in [0.3, 0.4) is 0 Å². The second-order valence-corrected chi connectivity index (χ2v) is 4.64. The van der Waals surface area contributed by atoms with Crippen LogP contribution in [0, 0.1) is 6.92 Å². The first-order chi connectivity index (χ1) is 7.23. The number of hydrogen-bond acceptors (Lipinski definition) is 3. The number of carbonyl (C=O) groups excluding carboxylic acids is 1. The Labute approximate surface area is 95.7 Å².